The van der Waals surface area contributed by atoms with E-state index in [4.69, 9.17) is 28.0 Å². The van der Waals surface area contributed by atoms with Crippen molar-refractivity contribution in [3.63, 3.8) is 0 Å². The maximum Gasteiger partial charge on any atom is 0.326 e. The number of aliphatic imine (C=N–C) groups is 1. The molecule has 0 aliphatic heterocycles. The third kappa shape index (κ3) is 13.0. The molecule has 0 fully saturated rings. The van der Waals surface area contributed by atoms with Crippen LogP contribution in [0, 0.1) is 5.92 Å². The van der Waals surface area contributed by atoms with Crippen LogP contribution in [0.15, 0.2) is 4.99 Å². The number of carbonyl (C=O) groups excluding carboxylic acids is 4. The molecule has 3 unspecified atom stereocenters. The summed E-state index contributed by atoms with van der Waals surface area (Å²) in [5.74, 6) is -4.44. The smallest absolute Gasteiger partial charge is 0.326 e. The van der Waals surface area contributed by atoms with Crippen molar-refractivity contribution in [2.24, 2.45) is 33.8 Å². The van der Waals surface area contributed by atoms with Crippen molar-refractivity contribution in [3.05, 3.63) is 0 Å². The number of nitrogens with two attached hydrogens (primary N) is 4. The van der Waals surface area contributed by atoms with E-state index in [9.17, 15) is 24.0 Å². The van der Waals surface area contributed by atoms with E-state index in [2.05, 4.69) is 20.9 Å². The molecule has 14 nitrogen and oxygen atoms in total. The Labute approximate surface area is 185 Å². The summed E-state index contributed by atoms with van der Waals surface area (Å²) in [6.07, 6.45) is 0.296. The number of guanidine groups is 1. The molecule has 0 aromatic rings. The van der Waals surface area contributed by atoms with Gasteiger partial charge < -0.3 is 44.0 Å². The van der Waals surface area contributed by atoms with Crippen molar-refractivity contribution in [3.8, 4) is 0 Å². The van der Waals surface area contributed by atoms with Gasteiger partial charge in [-0.2, -0.15) is 0 Å². The van der Waals surface area contributed by atoms with Crippen LogP contribution in [0.25, 0.3) is 0 Å². The van der Waals surface area contributed by atoms with Crippen LogP contribution in [-0.4, -0.2) is 71.9 Å². The van der Waals surface area contributed by atoms with E-state index in [1.807, 2.05) is 0 Å². The Bertz CT molecular complexity index is 708. The van der Waals surface area contributed by atoms with Gasteiger partial charge in [0.2, 0.25) is 23.6 Å². The molecule has 0 saturated heterocycles. The molecule has 182 valence electrons. The second kappa shape index (κ2) is 14.6. The van der Waals surface area contributed by atoms with Gasteiger partial charge in [0.15, 0.2) is 5.96 Å². The number of nitrogens with zero attached hydrogens (tertiary/aromatic N) is 1. The number of rotatable bonds is 15. The molecule has 0 spiro atoms. The fourth-order valence-corrected chi connectivity index (χ4v) is 2.57. The maximum absolute atomic E-state index is 12.4. The lowest BCUT2D eigenvalue weighted by Gasteiger charge is -2.20. The van der Waals surface area contributed by atoms with E-state index in [0.717, 1.165) is 0 Å². The number of carboxylic acid groups (broad SMARTS) is 1. The zero-order valence-corrected chi connectivity index (χ0v) is 18.3. The molecule has 0 bridgehead atoms. The van der Waals surface area contributed by atoms with Gasteiger partial charge in [-0.25, -0.2) is 4.79 Å². The molecule has 32 heavy (non-hydrogen) atoms. The molecule has 14 heteroatoms. The van der Waals surface area contributed by atoms with Gasteiger partial charge in [-0.3, -0.25) is 24.2 Å². The number of primary amides is 1. The first kappa shape index (κ1) is 28.6. The summed E-state index contributed by atoms with van der Waals surface area (Å²) < 4.78 is 0. The molecule has 12 N–H and O–H groups in total. The number of hydrogen-bond donors (Lipinski definition) is 8. The first-order valence-corrected chi connectivity index (χ1v) is 10.0. The Morgan fingerprint density at radius 2 is 1.59 bits per heavy atom. The summed E-state index contributed by atoms with van der Waals surface area (Å²) in [5, 5.41) is 16.0. The monoisotopic (exact) mass is 458 g/mol. The maximum atomic E-state index is 12.4. The normalized spacial score (nSPS) is 13.4. The van der Waals surface area contributed by atoms with E-state index < -0.39 is 60.7 Å². The van der Waals surface area contributed by atoms with Crippen LogP contribution in [0.1, 0.15) is 39.5 Å². The predicted octanol–water partition coefficient (Wildman–Crippen LogP) is -3.54. The minimum absolute atomic E-state index is 0.0184. The Kier molecular flexibility index (Phi) is 13.0. The molecule has 0 saturated carbocycles. The average Bonchev–Trinajstić information content (AvgIpc) is 2.67. The number of nitrogens with one attached hydrogen (secondary N) is 3. The molecule has 4 amide bonds. The number of hydrogen-bond acceptors (Lipinski definition) is 7. The predicted molar refractivity (Wildman–Crippen MR) is 116 cm³/mol. The number of aliphatic carboxylic acids is 1. The highest BCUT2D eigenvalue weighted by molar-refractivity contribution is 5.95. The summed E-state index contributed by atoms with van der Waals surface area (Å²) in [7, 11) is 0. The van der Waals surface area contributed by atoms with Gasteiger partial charge >= 0.3 is 5.97 Å². The van der Waals surface area contributed by atoms with Crippen molar-refractivity contribution in [1.29, 1.82) is 0 Å². The van der Waals surface area contributed by atoms with Gasteiger partial charge in [-0.15, -0.1) is 0 Å². The third-order valence-corrected chi connectivity index (χ3v) is 4.11. The summed E-state index contributed by atoms with van der Waals surface area (Å²) in [6, 6.07) is -3.47. The van der Waals surface area contributed by atoms with E-state index in [1.54, 1.807) is 13.8 Å². The highest BCUT2D eigenvalue weighted by Crippen LogP contribution is 2.04. The molecule has 0 aromatic carbocycles. The number of carboxylic acids is 1. The Morgan fingerprint density at radius 3 is 2.09 bits per heavy atom. The Hall–Kier alpha value is -3.42. The van der Waals surface area contributed by atoms with Crippen LogP contribution in [0.4, 0.5) is 0 Å². The third-order valence-electron chi connectivity index (χ3n) is 4.11. The average molecular weight is 459 g/mol. The number of carbonyl (C=O) groups is 5. The molecule has 0 rings (SSSR count). The molecule has 0 heterocycles. The van der Waals surface area contributed by atoms with Crippen LogP contribution in [0.3, 0.4) is 0 Å². The zero-order chi connectivity index (χ0) is 24.8. The lowest BCUT2D eigenvalue weighted by Crippen LogP contribution is -2.54. The van der Waals surface area contributed by atoms with Crippen molar-refractivity contribution in [2.45, 2.75) is 57.7 Å². The first-order chi connectivity index (χ1) is 14.8. The van der Waals surface area contributed by atoms with E-state index >= 15 is 0 Å². The second-order valence-electron chi connectivity index (χ2n) is 7.59. The topological polar surface area (TPSA) is 258 Å². The molecule has 0 aliphatic carbocycles. The van der Waals surface area contributed by atoms with Crippen LogP contribution in [0.2, 0.25) is 0 Å². The summed E-state index contributed by atoms with van der Waals surface area (Å²) in [5.41, 5.74) is 21.3. The SMILES string of the molecule is CC(C)CC(NC(=O)CNC(=O)C(CC(N)=O)NC(=O)C(N)CCCN=C(N)N)C(=O)O. The van der Waals surface area contributed by atoms with Crippen LogP contribution in [-0.2, 0) is 24.0 Å². The summed E-state index contributed by atoms with van der Waals surface area (Å²) >= 11 is 0. The van der Waals surface area contributed by atoms with Crippen LogP contribution in [0.5, 0.6) is 0 Å². The lowest BCUT2D eigenvalue weighted by atomic mass is 10.0. The quantitative estimate of drug-likeness (QED) is 0.0685. The zero-order valence-electron chi connectivity index (χ0n) is 18.3. The van der Waals surface area contributed by atoms with E-state index in [-0.39, 0.29) is 31.3 Å². The van der Waals surface area contributed by atoms with Gasteiger partial charge in [0.25, 0.3) is 0 Å². The van der Waals surface area contributed by atoms with Gasteiger partial charge in [0.05, 0.1) is 19.0 Å². The van der Waals surface area contributed by atoms with Crippen molar-refractivity contribution >= 4 is 35.6 Å². The molecular weight excluding hydrogens is 424 g/mol. The molecule has 0 aromatic heterocycles. The fraction of sp³-hybridized carbons (Fsp3) is 0.667. The van der Waals surface area contributed by atoms with Crippen molar-refractivity contribution in [1.82, 2.24) is 16.0 Å². The fourth-order valence-electron chi connectivity index (χ4n) is 2.57. The minimum Gasteiger partial charge on any atom is -0.480 e. The van der Waals surface area contributed by atoms with Crippen molar-refractivity contribution < 1.29 is 29.1 Å². The molecular formula is C18H34N8O6. The van der Waals surface area contributed by atoms with Gasteiger partial charge in [0, 0.05) is 6.54 Å². The standard InChI is InChI=1S/C18H34N8O6/c1-9(2)6-12(17(31)32)25-14(28)8-24-16(30)11(7-13(20)27)26-15(29)10(19)4-3-5-23-18(21)22/h9-12H,3-8,19H2,1-2H3,(H2,20,27)(H,24,30)(H,25,28)(H,26,29)(H,31,32)(H4,21,22,23). The lowest BCUT2D eigenvalue weighted by molar-refractivity contribution is -0.142. The molecule has 0 radical (unpaired) electrons. The highest BCUT2D eigenvalue weighted by atomic mass is 16.4. The van der Waals surface area contributed by atoms with Crippen molar-refractivity contribution in [2.75, 3.05) is 13.1 Å². The minimum atomic E-state index is -1.36. The Balaban J connectivity index is 4.81. The van der Waals surface area contributed by atoms with Gasteiger partial charge in [-0.1, -0.05) is 13.8 Å². The number of amides is 4. The van der Waals surface area contributed by atoms with Gasteiger partial charge in [0.1, 0.15) is 12.1 Å². The van der Waals surface area contributed by atoms with Gasteiger partial charge in [-0.05, 0) is 25.2 Å². The molecule has 0 aliphatic rings. The highest BCUT2D eigenvalue weighted by Gasteiger charge is 2.26. The Morgan fingerprint density at radius 1 is 0.969 bits per heavy atom. The summed E-state index contributed by atoms with van der Waals surface area (Å²) in [4.78, 5) is 62.8. The summed E-state index contributed by atoms with van der Waals surface area (Å²) in [6.45, 7) is 3.30. The van der Waals surface area contributed by atoms with E-state index in [0.29, 0.717) is 6.42 Å². The largest absolute Gasteiger partial charge is 0.480 e. The van der Waals surface area contributed by atoms with Crippen LogP contribution >= 0.6 is 0 Å². The van der Waals surface area contributed by atoms with E-state index in [1.165, 1.54) is 0 Å². The van der Waals surface area contributed by atoms with Crippen LogP contribution < -0.4 is 38.9 Å². The first-order valence-electron chi connectivity index (χ1n) is 10.0. The molecule has 3 atom stereocenters. The second-order valence-corrected chi connectivity index (χ2v) is 7.59.